The molecule has 3 heterocycles. The van der Waals surface area contributed by atoms with E-state index in [1.807, 2.05) is 37.3 Å². The van der Waals surface area contributed by atoms with Crippen molar-refractivity contribution in [2.45, 2.75) is 38.6 Å². The summed E-state index contributed by atoms with van der Waals surface area (Å²) in [6.45, 7) is 4.58. The molecule has 37 heavy (non-hydrogen) atoms. The number of pyridine rings is 1. The van der Waals surface area contributed by atoms with Gasteiger partial charge in [-0.25, -0.2) is 0 Å². The second kappa shape index (κ2) is 10.9. The standard InChI is InChI=1S/C30H31N3O4/c1-2-18-37-25-10-6-8-21(19-25)28(34)26-27(22-9-7-15-31-20-22)33(30(36)29(26)35)24-13-11-23(12-14-24)32-16-4-3-5-17-32/h6-15,19-20,27,34H,2-5,16-18H2,1H3/b28-26+. The molecule has 2 aliphatic heterocycles. The zero-order chi connectivity index (χ0) is 25.8. The number of rotatable bonds is 7. The molecular formula is C30H31N3O4. The van der Waals surface area contributed by atoms with Gasteiger partial charge in [-0.05, 0) is 73.7 Å². The van der Waals surface area contributed by atoms with E-state index in [0.717, 1.165) is 25.2 Å². The van der Waals surface area contributed by atoms with Gasteiger partial charge >= 0.3 is 0 Å². The van der Waals surface area contributed by atoms with Crippen molar-refractivity contribution in [3.05, 3.63) is 89.8 Å². The van der Waals surface area contributed by atoms with Crippen molar-refractivity contribution in [2.75, 3.05) is 29.5 Å². The monoisotopic (exact) mass is 497 g/mol. The summed E-state index contributed by atoms with van der Waals surface area (Å²) < 4.78 is 5.71. The summed E-state index contributed by atoms with van der Waals surface area (Å²) in [7, 11) is 0. The Bertz CT molecular complexity index is 1300. The van der Waals surface area contributed by atoms with Crippen molar-refractivity contribution in [3.63, 3.8) is 0 Å². The molecule has 1 atom stereocenters. The summed E-state index contributed by atoms with van der Waals surface area (Å²) in [6.07, 6.45) is 7.69. The van der Waals surface area contributed by atoms with E-state index in [9.17, 15) is 14.7 Å². The quantitative estimate of drug-likeness (QED) is 0.264. The Hall–Kier alpha value is -4.13. The van der Waals surface area contributed by atoms with Crippen LogP contribution in [0.1, 0.15) is 49.8 Å². The van der Waals surface area contributed by atoms with E-state index in [4.69, 9.17) is 4.74 Å². The molecule has 0 bridgehead atoms. The van der Waals surface area contributed by atoms with Gasteiger partial charge in [0, 0.05) is 42.4 Å². The number of ether oxygens (including phenoxy) is 1. The van der Waals surface area contributed by atoms with E-state index in [1.54, 1.807) is 42.7 Å². The number of benzene rings is 2. The molecule has 7 heteroatoms. The highest BCUT2D eigenvalue weighted by atomic mass is 16.5. The first kappa shape index (κ1) is 24.6. The average molecular weight is 498 g/mol. The van der Waals surface area contributed by atoms with E-state index in [1.165, 1.54) is 24.2 Å². The summed E-state index contributed by atoms with van der Waals surface area (Å²) in [4.78, 5) is 34.8. The second-order valence-electron chi connectivity index (χ2n) is 9.40. The van der Waals surface area contributed by atoms with Crippen LogP contribution >= 0.6 is 0 Å². The molecule has 0 radical (unpaired) electrons. The molecular weight excluding hydrogens is 466 g/mol. The fourth-order valence-corrected chi connectivity index (χ4v) is 5.04. The Kier molecular flexibility index (Phi) is 7.21. The Morgan fingerprint density at radius 2 is 1.76 bits per heavy atom. The Morgan fingerprint density at radius 3 is 2.46 bits per heavy atom. The van der Waals surface area contributed by atoms with Gasteiger partial charge in [0.1, 0.15) is 11.5 Å². The number of nitrogens with zero attached hydrogens (tertiary/aromatic N) is 3. The first-order chi connectivity index (χ1) is 18.1. The van der Waals surface area contributed by atoms with Gasteiger partial charge in [-0.3, -0.25) is 19.5 Å². The van der Waals surface area contributed by atoms with Crippen LogP contribution in [0.4, 0.5) is 11.4 Å². The number of aliphatic hydroxyl groups is 1. The number of amides is 1. The predicted octanol–water partition coefficient (Wildman–Crippen LogP) is 5.49. The average Bonchev–Trinajstić information content (AvgIpc) is 3.22. The normalized spacial score (nSPS) is 19.3. The summed E-state index contributed by atoms with van der Waals surface area (Å²) >= 11 is 0. The number of carbonyl (C=O) groups excluding carboxylic acids is 2. The molecule has 2 fully saturated rings. The third-order valence-electron chi connectivity index (χ3n) is 6.87. The lowest BCUT2D eigenvalue weighted by Gasteiger charge is -2.30. The van der Waals surface area contributed by atoms with Crippen molar-refractivity contribution >= 4 is 28.8 Å². The summed E-state index contributed by atoms with van der Waals surface area (Å²) in [6, 6.07) is 17.4. The molecule has 1 aromatic heterocycles. The highest BCUT2D eigenvalue weighted by Crippen LogP contribution is 2.42. The zero-order valence-electron chi connectivity index (χ0n) is 21.0. The minimum Gasteiger partial charge on any atom is -0.507 e. The van der Waals surface area contributed by atoms with Crippen LogP contribution in [-0.2, 0) is 9.59 Å². The van der Waals surface area contributed by atoms with Crippen LogP contribution in [0.15, 0.2) is 78.6 Å². The van der Waals surface area contributed by atoms with Gasteiger partial charge in [0.2, 0.25) is 0 Å². The lowest BCUT2D eigenvalue weighted by molar-refractivity contribution is -0.132. The highest BCUT2D eigenvalue weighted by Gasteiger charge is 2.47. The molecule has 0 aliphatic carbocycles. The van der Waals surface area contributed by atoms with Crippen LogP contribution in [0, 0.1) is 0 Å². The third-order valence-corrected chi connectivity index (χ3v) is 6.87. The minimum absolute atomic E-state index is 0.0331. The van der Waals surface area contributed by atoms with Gasteiger partial charge in [0.05, 0.1) is 18.2 Å². The summed E-state index contributed by atoms with van der Waals surface area (Å²) in [5.41, 5.74) is 2.78. The van der Waals surface area contributed by atoms with E-state index < -0.39 is 17.7 Å². The van der Waals surface area contributed by atoms with Crippen molar-refractivity contribution in [1.82, 2.24) is 4.98 Å². The van der Waals surface area contributed by atoms with Crippen molar-refractivity contribution < 1.29 is 19.4 Å². The number of anilines is 2. The lowest BCUT2D eigenvalue weighted by Crippen LogP contribution is -2.30. The van der Waals surface area contributed by atoms with Gasteiger partial charge in [-0.2, -0.15) is 0 Å². The maximum atomic E-state index is 13.4. The topological polar surface area (TPSA) is 83.0 Å². The maximum absolute atomic E-state index is 13.4. The van der Waals surface area contributed by atoms with E-state index >= 15 is 0 Å². The number of piperidine rings is 1. The number of ketones is 1. The Balaban J connectivity index is 1.56. The van der Waals surface area contributed by atoms with Crippen LogP contribution in [0.25, 0.3) is 5.76 Å². The van der Waals surface area contributed by atoms with Crippen molar-refractivity contribution in [2.24, 2.45) is 0 Å². The van der Waals surface area contributed by atoms with Crippen molar-refractivity contribution in [1.29, 1.82) is 0 Å². The Labute approximate surface area is 217 Å². The van der Waals surface area contributed by atoms with Gasteiger partial charge in [-0.1, -0.05) is 25.1 Å². The Morgan fingerprint density at radius 1 is 1.00 bits per heavy atom. The second-order valence-corrected chi connectivity index (χ2v) is 9.40. The zero-order valence-corrected chi connectivity index (χ0v) is 21.0. The van der Waals surface area contributed by atoms with Crippen LogP contribution < -0.4 is 14.5 Å². The third kappa shape index (κ3) is 4.94. The number of Topliss-reactive ketones (excluding diaryl/α,β-unsaturated/α-hetero) is 1. The minimum atomic E-state index is -0.810. The molecule has 1 N–H and O–H groups in total. The maximum Gasteiger partial charge on any atom is 0.300 e. The number of hydrogen-bond acceptors (Lipinski definition) is 6. The van der Waals surface area contributed by atoms with Crippen molar-refractivity contribution in [3.8, 4) is 5.75 Å². The highest BCUT2D eigenvalue weighted by molar-refractivity contribution is 6.51. The van der Waals surface area contributed by atoms with E-state index in [-0.39, 0.29) is 11.3 Å². The van der Waals surface area contributed by atoms with Gasteiger partial charge in [0.15, 0.2) is 0 Å². The van der Waals surface area contributed by atoms with Gasteiger partial charge in [0.25, 0.3) is 11.7 Å². The van der Waals surface area contributed by atoms with Crippen LogP contribution in [0.3, 0.4) is 0 Å². The molecule has 2 saturated heterocycles. The molecule has 7 nitrogen and oxygen atoms in total. The van der Waals surface area contributed by atoms with Crippen LogP contribution in [0.2, 0.25) is 0 Å². The number of carbonyl (C=O) groups is 2. The first-order valence-corrected chi connectivity index (χ1v) is 12.9. The summed E-state index contributed by atoms with van der Waals surface area (Å²) in [5, 5.41) is 11.4. The fraction of sp³-hybridized carbons (Fsp3) is 0.300. The number of aromatic nitrogens is 1. The molecule has 190 valence electrons. The first-order valence-electron chi connectivity index (χ1n) is 12.9. The number of hydrogen-bond donors (Lipinski definition) is 1. The molecule has 0 saturated carbocycles. The molecule has 1 unspecified atom stereocenters. The molecule has 2 aromatic carbocycles. The molecule has 2 aliphatic rings. The molecule has 0 spiro atoms. The van der Waals surface area contributed by atoms with Gasteiger partial charge < -0.3 is 14.7 Å². The predicted molar refractivity (Wildman–Crippen MR) is 144 cm³/mol. The number of aliphatic hydroxyl groups excluding tert-OH is 1. The largest absolute Gasteiger partial charge is 0.507 e. The molecule has 5 rings (SSSR count). The van der Waals surface area contributed by atoms with Crippen LogP contribution in [-0.4, -0.2) is 41.5 Å². The summed E-state index contributed by atoms with van der Waals surface area (Å²) in [5.74, 6) is -1.06. The van der Waals surface area contributed by atoms with Crippen LogP contribution in [0.5, 0.6) is 5.75 Å². The van der Waals surface area contributed by atoms with E-state index in [0.29, 0.717) is 29.2 Å². The van der Waals surface area contributed by atoms with E-state index in [2.05, 4.69) is 9.88 Å². The fourth-order valence-electron chi connectivity index (χ4n) is 5.04. The SMILES string of the molecule is CCCOc1cccc(/C(O)=C2\C(=O)C(=O)N(c3ccc(N4CCCCC4)cc3)C2c2cccnc2)c1. The smallest absolute Gasteiger partial charge is 0.300 e. The molecule has 1 amide bonds. The lowest BCUT2D eigenvalue weighted by atomic mass is 9.96. The van der Waals surface area contributed by atoms with Gasteiger partial charge in [-0.15, -0.1) is 0 Å². The molecule has 3 aromatic rings.